The van der Waals surface area contributed by atoms with E-state index in [-0.39, 0.29) is 29.5 Å². The zero-order valence-electron chi connectivity index (χ0n) is 19.3. The summed E-state index contributed by atoms with van der Waals surface area (Å²) in [5.74, 6) is -0.867. The fourth-order valence-corrected chi connectivity index (χ4v) is 5.76. The van der Waals surface area contributed by atoms with Crippen LogP contribution in [-0.4, -0.2) is 42.9 Å². The maximum Gasteiger partial charge on any atom is 0.408 e. The summed E-state index contributed by atoms with van der Waals surface area (Å²) in [6, 6.07) is 15.3. The van der Waals surface area contributed by atoms with Crippen molar-refractivity contribution in [3.8, 4) is 0 Å². The lowest BCUT2D eigenvalue weighted by Crippen LogP contribution is -2.44. The van der Waals surface area contributed by atoms with E-state index in [1.807, 2.05) is 42.5 Å². The number of thiazole rings is 1. The molecule has 1 atom stereocenters. The maximum absolute atomic E-state index is 12.8. The van der Waals surface area contributed by atoms with Gasteiger partial charge in [-0.2, -0.15) is 0 Å². The molecule has 0 saturated carbocycles. The van der Waals surface area contributed by atoms with Crippen LogP contribution in [0.15, 0.2) is 58.9 Å². The Morgan fingerprint density at radius 2 is 1.74 bits per heavy atom. The van der Waals surface area contributed by atoms with Crippen molar-refractivity contribution in [1.29, 1.82) is 0 Å². The summed E-state index contributed by atoms with van der Waals surface area (Å²) in [7, 11) is -3.64. The van der Waals surface area contributed by atoms with Crippen LogP contribution in [0, 0.1) is 0 Å². The van der Waals surface area contributed by atoms with Crippen LogP contribution in [0.4, 0.5) is 4.79 Å². The molecule has 2 aromatic carbocycles. The van der Waals surface area contributed by atoms with Crippen molar-refractivity contribution in [1.82, 2.24) is 10.3 Å². The van der Waals surface area contributed by atoms with Gasteiger partial charge in [-0.15, -0.1) is 11.3 Å². The molecular formula is C24H28N2O6S2. The van der Waals surface area contributed by atoms with E-state index in [4.69, 9.17) is 9.47 Å². The Labute approximate surface area is 203 Å². The molecule has 3 aromatic rings. The van der Waals surface area contributed by atoms with E-state index >= 15 is 0 Å². The number of nitrogens with one attached hydrogen (secondary N) is 1. The maximum atomic E-state index is 12.8. The molecule has 0 aliphatic heterocycles. The molecule has 10 heteroatoms. The van der Waals surface area contributed by atoms with E-state index in [9.17, 15) is 18.0 Å². The summed E-state index contributed by atoms with van der Waals surface area (Å²) in [5.41, 5.74) is 0.659. The Hall–Kier alpha value is -2.98. The van der Waals surface area contributed by atoms with Crippen LogP contribution in [0.25, 0.3) is 10.2 Å². The number of rotatable bonds is 9. The molecule has 182 valence electrons. The van der Waals surface area contributed by atoms with Crippen molar-refractivity contribution in [2.24, 2.45) is 0 Å². The van der Waals surface area contributed by atoms with Gasteiger partial charge >= 0.3 is 12.1 Å². The molecule has 1 unspecified atom stereocenters. The average molecular weight is 505 g/mol. The lowest BCUT2D eigenvalue weighted by Gasteiger charge is -2.24. The SMILES string of the molecule is CC(C)(C)OC(=O)C(CCCS(=O)(=O)c1nc2ccccc2s1)NC(=O)OCc1ccccc1. The van der Waals surface area contributed by atoms with Gasteiger partial charge in [0.2, 0.25) is 14.2 Å². The van der Waals surface area contributed by atoms with Crippen LogP contribution >= 0.6 is 11.3 Å². The van der Waals surface area contributed by atoms with Gasteiger partial charge in [0, 0.05) is 0 Å². The third-order valence-electron chi connectivity index (χ3n) is 4.64. The lowest BCUT2D eigenvalue weighted by atomic mass is 10.1. The first kappa shape index (κ1) is 25.6. The summed E-state index contributed by atoms with van der Waals surface area (Å²) in [4.78, 5) is 29.2. The number of ether oxygens (including phenoxy) is 2. The molecule has 3 rings (SSSR count). The van der Waals surface area contributed by atoms with Crippen LogP contribution in [0.5, 0.6) is 0 Å². The fourth-order valence-electron chi connectivity index (χ4n) is 3.08. The highest BCUT2D eigenvalue weighted by atomic mass is 32.2. The number of carbonyl (C=O) groups excluding carboxylic acids is 2. The normalized spacial score (nSPS) is 12.8. The number of hydrogen-bond acceptors (Lipinski definition) is 8. The monoisotopic (exact) mass is 504 g/mol. The Balaban J connectivity index is 1.62. The van der Waals surface area contributed by atoms with Gasteiger partial charge in [0.1, 0.15) is 18.2 Å². The largest absolute Gasteiger partial charge is 0.458 e. The Kier molecular flexibility index (Phi) is 8.27. The number of benzene rings is 2. The summed E-state index contributed by atoms with van der Waals surface area (Å²) in [6.45, 7) is 5.19. The van der Waals surface area contributed by atoms with Crippen LogP contribution in [0.3, 0.4) is 0 Å². The molecule has 34 heavy (non-hydrogen) atoms. The Bertz CT molecular complexity index is 1200. The van der Waals surface area contributed by atoms with E-state index in [0.29, 0.717) is 5.52 Å². The molecule has 1 aromatic heterocycles. The Morgan fingerprint density at radius 1 is 1.06 bits per heavy atom. The summed E-state index contributed by atoms with van der Waals surface area (Å²) in [6.07, 6.45) is -0.589. The molecule has 0 radical (unpaired) electrons. The zero-order valence-corrected chi connectivity index (χ0v) is 20.9. The second kappa shape index (κ2) is 11.0. The predicted molar refractivity (Wildman–Crippen MR) is 130 cm³/mol. The molecular weight excluding hydrogens is 476 g/mol. The summed E-state index contributed by atoms with van der Waals surface area (Å²) in [5, 5.41) is 2.51. The standard InChI is InChI=1S/C24H28N2O6S2/c1-24(2,3)32-21(27)19(25-22(28)31-16-17-10-5-4-6-11-17)13-9-15-34(29,30)23-26-18-12-7-8-14-20(18)33-23/h4-8,10-12,14,19H,9,13,15-16H2,1-3H3,(H,25,28). The number of carbonyl (C=O) groups is 2. The minimum Gasteiger partial charge on any atom is -0.458 e. The first-order chi connectivity index (χ1) is 16.0. The van der Waals surface area contributed by atoms with Crippen molar-refractivity contribution in [2.75, 3.05) is 5.75 Å². The van der Waals surface area contributed by atoms with Crippen LogP contribution in [0.1, 0.15) is 39.2 Å². The summed E-state index contributed by atoms with van der Waals surface area (Å²) < 4.78 is 37.0. The van der Waals surface area contributed by atoms with Gasteiger partial charge in [0.15, 0.2) is 0 Å². The van der Waals surface area contributed by atoms with E-state index < -0.39 is 33.5 Å². The molecule has 0 fully saturated rings. The first-order valence-corrected chi connectivity index (χ1v) is 13.3. The van der Waals surface area contributed by atoms with E-state index in [1.165, 1.54) is 0 Å². The minimum absolute atomic E-state index is 0.0396. The molecule has 0 aliphatic carbocycles. The van der Waals surface area contributed by atoms with Crippen LogP contribution in [0.2, 0.25) is 0 Å². The summed E-state index contributed by atoms with van der Waals surface area (Å²) >= 11 is 1.11. The van der Waals surface area contributed by atoms with Gasteiger partial charge in [-0.25, -0.2) is 23.0 Å². The number of aromatic nitrogens is 1. The van der Waals surface area contributed by atoms with E-state index in [0.717, 1.165) is 21.6 Å². The molecule has 0 spiro atoms. The van der Waals surface area contributed by atoms with Crippen molar-refractivity contribution >= 4 is 43.5 Å². The number of amides is 1. The second-order valence-electron chi connectivity index (χ2n) is 8.70. The van der Waals surface area contributed by atoms with Crippen molar-refractivity contribution in [3.05, 3.63) is 60.2 Å². The Morgan fingerprint density at radius 3 is 2.41 bits per heavy atom. The highest BCUT2D eigenvalue weighted by Gasteiger charge is 2.28. The number of para-hydroxylation sites is 1. The van der Waals surface area contributed by atoms with Gasteiger partial charge < -0.3 is 14.8 Å². The molecule has 8 nitrogen and oxygen atoms in total. The number of fused-ring (bicyclic) bond motifs is 1. The number of nitrogens with zero attached hydrogens (tertiary/aromatic N) is 1. The third kappa shape index (κ3) is 7.53. The third-order valence-corrected chi connectivity index (χ3v) is 7.93. The van der Waals surface area contributed by atoms with Crippen molar-refractivity contribution < 1.29 is 27.5 Å². The fraction of sp³-hybridized carbons (Fsp3) is 0.375. The van der Waals surface area contributed by atoms with Gasteiger partial charge in [0.05, 0.1) is 16.0 Å². The topological polar surface area (TPSA) is 112 Å². The smallest absolute Gasteiger partial charge is 0.408 e. The number of esters is 1. The van der Waals surface area contributed by atoms with E-state index in [1.54, 1.807) is 32.9 Å². The van der Waals surface area contributed by atoms with Gasteiger partial charge in [-0.05, 0) is 51.3 Å². The molecule has 0 aliphatic rings. The molecule has 1 N–H and O–H groups in total. The number of hydrogen-bond donors (Lipinski definition) is 1. The molecule has 1 amide bonds. The molecule has 0 saturated heterocycles. The van der Waals surface area contributed by atoms with Gasteiger partial charge in [-0.3, -0.25) is 0 Å². The zero-order chi connectivity index (χ0) is 24.8. The van der Waals surface area contributed by atoms with Gasteiger partial charge in [-0.1, -0.05) is 42.5 Å². The van der Waals surface area contributed by atoms with Crippen LogP contribution in [-0.2, 0) is 30.7 Å². The van der Waals surface area contributed by atoms with E-state index in [2.05, 4.69) is 10.3 Å². The van der Waals surface area contributed by atoms with Crippen LogP contribution < -0.4 is 5.32 Å². The van der Waals surface area contributed by atoms with Gasteiger partial charge in [0.25, 0.3) is 0 Å². The lowest BCUT2D eigenvalue weighted by molar-refractivity contribution is -0.157. The minimum atomic E-state index is -3.64. The highest BCUT2D eigenvalue weighted by Crippen LogP contribution is 2.26. The average Bonchev–Trinajstić information content (AvgIpc) is 3.22. The second-order valence-corrected chi connectivity index (χ2v) is 12.0. The first-order valence-electron chi connectivity index (χ1n) is 10.8. The molecule has 1 heterocycles. The predicted octanol–water partition coefficient (Wildman–Crippen LogP) is 4.49. The highest BCUT2D eigenvalue weighted by molar-refractivity contribution is 7.93. The number of sulfone groups is 1. The molecule has 0 bridgehead atoms. The quantitative estimate of drug-likeness (QED) is 0.427. The van der Waals surface area contributed by atoms with Crippen molar-refractivity contribution in [3.63, 3.8) is 0 Å². The number of alkyl carbamates (subject to hydrolysis) is 1. The van der Waals surface area contributed by atoms with Crippen molar-refractivity contribution in [2.45, 2.75) is 56.2 Å².